The Morgan fingerprint density at radius 3 is 2.58 bits per heavy atom. The molecule has 1 aliphatic rings. The van der Waals surface area contributed by atoms with Crippen LogP contribution in [0.3, 0.4) is 0 Å². The molecule has 0 bridgehead atoms. The Hall–Kier alpha value is -4.12. The van der Waals surface area contributed by atoms with Crippen molar-refractivity contribution in [1.82, 2.24) is 0 Å². The zero-order valence-corrected chi connectivity index (χ0v) is 19.0. The molecular formula is C25H26N2O6. The first-order valence-electron chi connectivity index (χ1n) is 10.3. The van der Waals surface area contributed by atoms with Crippen LogP contribution < -0.4 is 19.9 Å². The van der Waals surface area contributed by atoms with E-state index in [0.717, 1.165) is 5.56 Å². The Kier molecular flexibility index (Phi) is 7.46. The quantitative estimate of drug-likeness (QED) is 0.602. The lowest BCUT2D eigenvalue weighted by Crippen LogP contribution is -2.25. The van der Waals surface area contributed by atoms with E-state index in [9.17, 15) is 10.1 Å². The predicted molar refractivity (Wildman–Crippen MR) is 120 cm³/mol. The van der Waals surface area contributed by atoms with Crippen LogP contribution in [0.1, 0.15) is 30.9 Å². The summed E-state index contributed by atoms with van der Waals surface area (Å²) < 4.78 is 27.4. The molecule has 33 heavy (non-hydrogen) atoms. The lowest BCUT2D eigenvalue weighted by Gasteiger charge is -2.27. The molecule has 0 spiro atoms. The standard InChI is InChI=1S/C25H26N2O6/c1-5-31-25(28)22-15(2)33-24(27)20(13-26)23(22)16-9-10-21(30-4)17(11-16)14-32-19-8-6-7-18(12-19)29-3/h6-12,23H,5,14,27H2,1-4H3. The molecule has 0 fully saturated rings. The number of carbonyl (C=O) groups is 1. The molecule has 2 aromatic carbocycles. The predicted octanol–water partition coefficient (Wildman–Crippen LogP) is 3.93. The van der Waals surface area contributed by atoms with Gasteiger partial charge in [0.1, 0.15) is 41.3 Å². The van der Waals surface area contributed by atoms with Gasteiger partial charge >= 0.3 is 5.97 Å². The van der Waals surface area contributed by atoms with Crippen LogP contribution in [0, 0.1) is 11.3 Å². The first-order chi connectivity index (χ1) is 15.9. The maximum atomic E-state index is 12.7. The lowest BCUT2D eigenvalue weighted by molar-refractivity contribution is -0.139. The normalized spacial score (nSPS) is 15.4. The van der Waals surface area contributed by atoms with Gasteiger partial charge < -0.3 is 29.4 Å². The number of ether oxygens (including phenoxy) is 5. The van der Waals surface area contributed by atoms with E-state index in [1.54, 1.807) is 46.3 Å². The largest absolute Gasteiger partial charge is 0.497 e. The second-order valence-electron chi connectivity index (χ2n) is 7.15. The van der Waals surface area contributed by atoms with E-state index >= 15 is 0 Å². The van der Waals surface area contributed by atoms with Gasteiger partial charge in [-0.15, -0.1) is 0 Å². The van der Waals surface area contributed by atoms with Crippen molar-refractivity contribution >= 4 is 5.97 Å². The van der Waals surface area contributed by atoms with E-state index in [2.05, 4.69) is 6.07 Å². The third-order valence-corrected chi connectivity index (χ3v) is 5.17. The third kappa shape index (κ3) is 5.04. The van der Waals surface area contributed by atoms with Gasteiger partial charge in [-0.25, -0.2) is 4.79 Å². The van der Waals surface area contributed by atoms with Gasteiger partial charge in [-0.3, -0.25) is 0 Å². The fourth-order valence-corrected chi connectivity index (χ4v) is 3.63. The van der Waals surface area contributed by atoms with E-state index in [-0.39, 0.29) is 30.2 Å². The molecule has 1 heterocycles. The summed E-state index contributed by atoms with van der Waals surface area (Å²) in [6, 6.07) is 14.7. The Morgan fingerprint density at radius 1 is 1.15 bits per heavy atom. The highest BCUT2D eigenvalue weighted by molar-refractivity contribution is 5.92. The topological polar surface area (TPSA) is 113 Å². The van der Waals surface area contributed by atoms with Crippen LogP contribution in [0.5, 0.6) is 17.2 Å². The highest BCUT2D eigenvalue weighted by atomic mass is 16.5. The summed E-state index contributed by atoms with van der Waals surface area (Å²) >= 11 is 0. The van der Waals surface area contributed by atoms with Crippen LogP contribution in [-0.4, -0.2) is 26.8 Å². The number of hydrogen-bond acceptors (Lipinski definition) is 8. The SMILES string of the molecule is CCOC(=O)C1=C(C)OC(N)=C(C#N)C1c1ccc(OC)c(COc2cccc(OC)c2)c1. The van der Waals surface area contributed by atoms with Crippen LogP contribution in [-0.2, 0) is 20.9 Å². The van der Waals surface area contributed by atoms with Crippen molar-refractivity contribution in [2.45, 2.75) is 26.4 Å². The van der Waals surface area contributed by atoms with Crippen molar-refractivity contribution in [3.8, 4) is 23.3 Å². The first kappa shape index (κ1) is 23.5. The molecule has 0 amide bonds. The molecule has 2 aromatic rings. The average Bonchev–Trinajstić information content (AvgIpc) is 2.82. The van der Waals surface area contributed by atoms with E-state index in [0.29, 0.717) is 28.6 Å². The van der Waals surface area contributed by atoms with Gasteiger partial charge in [-0.05, 0) is 43.7 Å². The number of esters is 1. The minimum Gasteiger partial charge on any atom is -0.497 e. The molecule has 0 aromatic heterocycles. The molecule has 0 aliphatic carbocycles. The summed E-state index contributed by atoms with van der Waals surface area (Å²) in [6.45, 7) is 3.71. The highest BCUT2D eigenvalue weighted by Gasteiger charge is 2.36. The summed E-state index contributed by atoms with van der Waals surface area (Å²) in [6.07, 6.45) is 0. The number of methoxy groups -OCH3 is 2. The highest BCUT2D eigenvalue weighted by Crippen LogP contribution is 2.41. The molecule has 0 saturated carbocycles. The zero-order valence-electron chi connectivity index (χ0n) is 19.0. The van der Waals surface area contributed by atoms with Crippen LogP contribution in [0.25, 0.3) is 0 Å². The molecule has 8 nitrogen and oxygen atoms in total. The van der Waals surface area contributed by atoms with Gasteiger partial charge in [-0.2, -0.15) is 5.26 Å². The second-order valence-corrected chi connectivity index (χ2v) is 7.15. The first-order valence-corrected chi connectivity index (χ1v) is 10.3. The molecule has 1 atom stereocenters. The van der Waals surface area contributed by atoms with Gasteiger partial charge in [-0.1, -0.05) is 12.1 Å². The van der Waals surface area contributed by atoms with Crippen LogP contribution in [0.4, 0.5) is 0 Å². The van der Waals surface area contributed by atoms with E-state index < -0.39 is 11.9 Å². The number of nitrogens with two attached hydrogens (primary N) is 1. The molecule has 3 rings (SSSR count). The van der Waals surface area contributed by atoms with Crippen molar-refractivity contribution < 1.29 is 28.5 Å². The lowest BCUT2D eigenvalue weighted by atomic mass is 9.82. The van der Waals surface area contributed by atoms with Crippen LogP contribution >= 0.6 is 0 Å². The summed E-state index contributed by atoms with van der Waals surface area (Å²) in [4.78, 5) is 12.7. The summed E-state index contributed by atoms with van der Waals surface area (Å²) in [7, 11) is 3.15. The Balaban J connectivity index is 2.01. The summed E-state index contributed by atoms with van der Waals surface area (Å²) in [5.74, 6) is 0.835. The van der Waals surface area contributed by atoms with Crippen molar-refractivity contribution in [3.63, 3.8) is 0 Å². The van der Waals surface area contributed by atoms with E-state index in [1.165, 1.54) is 0 Å². The monoisotopic (exact) mass is 450 g/mol. The number of hydrogen-bond donors (Lipinski definition) is 1. The molecule has 1 aliphatic heterocycles. The Bertz CT molecular complexity index is 1150. The molecule has 0 saturated heterocycles. The van der Waals surface area contributed by atoms with Crippen molar-refractivity contribution in [1.29, 1.82) is 5.26 Å². The third-order valence-electron chi connectivity index (χ3n) is 5.17. The molecular weight excluding hydrogens is 424 g/mol. The maximum absolute atomic E-state index is 12.7. The van der Waals surface area contributed by atoms with Crippen molar-refractivity contribution in [2.24, 2.45) is 5.73 Å². The maximum Gasteiger partial charge on any atom is 0.338 e. The number of nitrogens with zero attached hydrogens (tertiary/aromatic N) is 1. The number of carbonyl (C=O) groups excluding carboxylic acids is 1. The smallest absolute Gasteiger partial charge is 0.338 e. The Morgan fingerprint density at radius 2 is 1.91 bits per heavy atom. The summed E-state index contributed by atoms with van der Waals surface area (Å²) in [5.41, 5.74) is 7.73. The van der Waals surface area contributed by atoms with Crippen LogP contribution in [0.2, 0.25) is 0 Å². The van der Waals surface area contributed by atoms with E-state index in [4.69, 9.17) is 29.4 Å². The summed E-state index contributed by atoms with van der Waals surface area (Å²) in [5, 5.41) is 9.78. The van der Waals surface area contributed by atoms with Gasteiger partial charge in [0.15, 0.2) is 0 Å². The molecule has 172 valence electrons. The van der Waals surface area contributed by atoms with Gasteiger partial charge in [0.25, 0.3) is 0 Å². The molecule has 0 radical (unpaired) electrons. The van der Waals surface area contributed by atoms with Crippen molar-refractivity contribution in [2.75, 3.05) is 20.8 Å². The number of benzene rings is 2. The van der Waals surface area contributed by atoms with Crippen molar-refractivity contribution in [3.05, 3.63) is 76.4 Å². The second kappa shape index (κ2) is 10.5. The Labute approximate surface area is 192 Å². The van der Waals surface area contributed by atoms with Gasteiger partial charge in [0.05, 0.1) is 32.3 Å². The van der Waals surface area contributed by atoms with E-state index in [1.807, 2.05) is 24.3 Å². The molecule has 8 heteroatoms. The minimum atomic E-state index is -0.746. The number of allylic oxidation sites excluding steroid dienone is 2. The van der Waals surface area contributed by atoms with Gasteiger partial charge in [0, 0.05) is 11.6 Å². The fraction of sp³-hybridized carbons (Fsp3) is 0.280. The van der Waals surface area contributed by atoms with Gasteiger partial charge in [0.2, 0.25) is 5.88 Å². The van der Waals surface area contributed by atoms with Crippen LogP contribution in [0.15, 0.2) is 65.3 Å². The number of rotatable bonds is 8. The fourth-order valence-electron chi connectivity index (χ4n) is 3.63. The molecule has 1 unspecified atom stereocenters. The molecule has 2 N–H and O–H groups in total. The number of nitriles is 1. The zero-order chi connectivity index (χ0) is 24.0. The average molecular weight is 450 g/mol. The minimum absolute atomic E-state index is 0.0435.